The van der Waals surface area contributed by atoms with E-state index >= 15 is 0 Å². The third kappa shape index (κ3) is 5.20. The molecule has 31 heavy (non-hydrogen) atoms. The van der Waals surface area contributed by atoms with E-state index in [0.29, 0.717) is 16.2 Å². The van der Waals surface area contributed by atoms with Gasteiger partial charge in [0.1, 0.15) is 0 Å². The number of benzene rings is 2. The molecule has 1 aromatic heterocycles. The molecule has 160 valence electrons. The van der Waals surface area contributed by atoms with E-state index in [1.165, 1.54) is 5.56 Å². The Hall–Kier alpha value is -2.98. The highest BCUT2D eigenvalue weighted by atomic mass is 32.1. The van der Waals surface area contributed by atoms with E-state index in [4.69, 9.17) is 12.2 Å². The largest absolute Gasteiger partial charge is 0.867 e. The van der Waals surface area contributed by atoms with Crippen LogP contribution in [-0.2, 0) is 5.41 Å². The molecule has 0 bridgehead atoms. The Kier molecular flexibility index (Phi) is 6.61. The van der Waals surface area contributed by atoms with Gasteiger partial charge in [0.15, 0.2) is 17.4 Å². The average Bonchev–Trinajstić information content (AvgIpc) is 2.71. The highest BCUT2D eigenvalue weighted by Crippen LogP contribution is 2.23. The summed E-state index contributed by atoms with van der Waals surface area (Å²) >= 11 is 5.75. The summed E-state index contributed by atoms with van der Waals surface area (Å²) in [6, 6.07) is 17.8. The van der Waals surface area contributed by atoms with E-state index in [-0.39, 0.29) is 11.2 Å². The highest BCUT2D eigenvalue weighted by Gasteiger charge is 2.21. The fourth-order valence-electron chi connectivity index (χ4n) is 3.33. The second kappa shape index (κ2) is 9.03. The molecular formula is C27H30N2OS. The van der Waals surface area contributed by atoms with Crippen LogP contribution in [0.5, 0.6) is 0 Å². The van der Waals surface area contributed by atoms with Crippen LogP contribution >= 0.6 is 12.2 Å². The lowest BCUT2D eigenvalue weighted by molar-refractivity contribution is -0.577. The molecule has 0 saturated carbocycles. The summed E-state index contributed by atoms with van der Waals surface area (Å²) in [5.74, 6) is -0.109. The van der Waals surface area contributed by atoms with Gasteiger partial charge in [0, 0.05) is 17.8 Å². The van der Waals surface area contributed by atoms with Gasteiger partial charge in [-0.2, -0.15) is 4.57 Å². The SMILES string of the molecule is Cc1ccc(C([O-])=C(C(=S)Nc2ccccc2C)[n+]2ccc(C(C)(C)C)cc2)cc1C. The van der Waals surface area contributed by atoms with Crippen molar-refractivity contribution in [2.24, 2.45) is 0 Å². The average molecular weight is 431 g/mol. The van der Waals surface area contributed by atoms with Gasteiger partial charge >= 0.3 is 0 Å². The fourth-order valence-corrected chi connectivity index (χ4v) is 3.64. The lowest BCUT2D eigenvalue weighted by atomic mass is 9.88. The number of thiocarbonyl (C=S) groups is 1. The zero-order valence-electron chi connectivity index (χ0n) is 19.1. The summed E-state index contributed by atoms with van der Waals surface area (Å²) in [4.78, 5) is 0.394. The number of hydrogen-bond acceptors (Lipinski definition) is 2. The van der Waals surface area contributed by atoms with Crippen molar-refractivity contribution in [3.05, 3.63) is 94.8 Å². The third-order valence-corrected chi connectivity index (χ3v) is 5.84. The molecule has 0 radical (unpaired) electrons. The molecule has 0 spiro atoms. The number of para-hydroxylation sites is 1. The Bertz CT molecular complexity index is 1140. The minimum absolute atomic E-state index is 0.0250. The molecule has 0 atom stereocenters. The minimum Gasteiger partial charge on any atom is -0.867 e. The van der Waals surface area contributed by atoms with Crippen molar-refractivity contribution in [1.29, 1.82) is 0 Å². The first kappa shape index (κ1) is 22.7. The number of aromatic nitrogens is 1. The van der Waals surface area contributed by atoms with Crippen LogP contribution in [0.1, 0.15) is 48.6 Å². The first-order valence-electron chi connectivity index (χ1n) is 10.5. The van der Waals surface area contributed by atoms with Crippen molar-refractivity contribution in [1.82, 2.24) is 0 Å². The van der Waals surface area contributed by atoms with E-state index < -0.39 is 0 Å². The summed E-state index contributed by atoms with van der Waals surface area (Å²) in [6.07, 6.45) is 3.83. The first-order valence-corrected chi connectivity index (χ1v) is 10.9. The monoisotopic (exact) mass is 430 g/mol. The van der Waals surface area contributed by atoms with E-state index in [9.17, 15) is 5.11 Å². The molecule has 3 aromatic rings. The van der Waals surface area contributed by atoms with Gasteiger partial charge in [-0.25, -0.2) is 0 Å². The van der Waals surface area contributed by atoms with Crippen LogP contribution < -0.4 is 15.0 Å². The van der Waals surface area contributed by atoms with Gasteiger partial charge in [0.05, 0.1) is 0 Å². The number of pyridine rings is 1. The lowest BCUT2D eigenvalue weighted by Crippen LogP contribution is -2.40. The van der Waals surface area contributed by atoms with Crippen molar-refractivity contribution in [3.63, 3.8) is 0 Å². The Morgan fingerprint density at radius 3 is 2.10 bits per heavy atom. The quantitative estimate of drug-likeness (QED) is 0.263. The Labute approximate surface area is 191 Å². The normalized spacial score (nSPS) is 12.3. The summed E-state index contributed by atoms with van der Waals surface area (Å²) in [6.45, 7) is 12.6. The molecule has 0 aliphatic rings. The maximum absolute atomic E-state index is 13.6. The summed E-state index contributed by atoms with van der Waals surface area (Å²) in [5, 5.41) is 16.9. The van der Waals surface area contributed by atoms with Crippen molar-refractivity contribution in [2.75, 3.05) is 5.32 Å². The predicted octanol–water partition coefficient (Wildman–Crippen LogP) is 5.32. The Morgan fingerprint density at radius 1 is 0.871 bits per heavy atom. The molecule has 4 heteroatoms. The summed E-state index contributed by atoms with van der Waals surface area (Å²) in [7, 11) is 0. The fraction of sp³-hybridized carbons (Fsp3) is 0.259. The Balaban J connectivity index is 2.12. The molecule has 3 rings (SSSR count). The van der Waals surface area contributed by atoms with Crippen LogP contribution in [0.4, 0.5) is 5.69 Å². The van der Waals surface area contributed by atoms with Crippen LogP contribution in [0.3, 0.4) is 0 Å². The number of hydrogen-bond donors (Lipinski definition) is 1. The molecule has 1 heterocycles. The van der Waals surface area contributed by atoms with Gasteiger partial charge in [-0.15, -0.1) is 0 Å². The van der Waals surface area contributed by atoms with E-state index in [0.717, 1.165) is 22.4 Å². The van der Waals surface area contributed by atoms with Crippen molar-refractivity contribution >= 4 is 34.3 Å². The molecule has 0 amide bonds. The van der Waals surface area contributed by atoms with E-state index in [1.807, 2.05) is 92.3 Å². The van der Waals surface area contributed by atoms with Crippen molar-refractivity contribution < 1.29 is 9.67 Å². The summed E-state index contributed by atoms with van der Waals surface area (Å²) < 4.78 is 1.82. The molecule has 3 nitrogen and oxygen atoms in total. The molecule has 2 aromatic carbocycles. The molecule has 0 aliphatic carbocycles. The maximum Gasteiger partial charge on any atom is 0.238 e. The van der Waals surface area contributed by atoms with Crippen molar-refractivity contribution in [3.8, 4) is 0 Å². The van der Waals surface area contributed by atoms with E-state index in [1.54, 1.807) is 0 Å². The zero-order chi connectivity index (χ0) is 22.8. The summed E-state index contributed by atoms with van der Waals surface area (Å²) in [5.41, 5.74) is 6.47. The van der Waals surface area contributed by atoms with Gasteiger partial charge in [0.2, 0.25) is 5.70 Å². The number of anilines is 1. The van der Waals surface area contributed by atoms with Crippen LogP contribution in [0, 0.1) is 20.8 Å². The minimum atomic E-state index is -0.109. The number of aryl methyl sites for hydroxylation is 3. The lowest BCUT2D eigenvalue weighted by Gasteiger charge is -2.20. The van der Waals surface area contributed by atoms with Crippen LogP contribution in [0.25, 0.3) is 11.5 Å². The van der Waals surface area contributed by atoms with Crippen LogP contribution in [0.2, 0.25) is 0 Å². The molecule has 0 aliphatic heterocycles. The standard InChI is InChI=1S/C27H30N2OS/c1-18-11-12-21(17-20(18)3)25(30)24(26(31)28-23-10-8-7-9-19(23)2)29-15-13-22(14-16-29)27(4,5)6/h7-17H,1-6H3,(H-,28,30,31). The molecular weight excluding hydrogens is 400 g/mol. The Morgan fingerprint density at radius 2 is 1.52 bits per heavy atom. The number of nitrogens with one attached hydrogen (secondary N) is 1. The molecule has 1 N–H and O–H groups in total. The second-order valence-corrected chi connectivity index (χ2v) is 9.40. The van der Waals surface area contributed by atoms with Crippen LogP contribution in [0.15, 0.2) is 67.0 Å². The predicted molar refractivity (Wildman–Crippen MR) is 132 cm³/mol. The van der Waals surface area contributed by atoms with Gasteiger partial charge in [-0.3, -0.25) is 0 Å². The maximum atomic E-state index is 13.6. The molecule has 0 unspecified atom stereocenters. The first-order chi connectivity index (χ1) is 14.6. The number of nitrogens with zero attached hydrogens (tertiary/aromatic N) is 1. The van der Waals surface area contributed by atoms with Crippen molar-refractivity contribution in [2.45, 2.75) is 47.0 Å². The topological polar surface area (TPSA) is 39.0 Å². The second-order valence-electron chi connectivity index (χ2n) is 8.99. The van der Waals surface area contributed by atoms with E-state index in [2.05, 4.69) is 26.1 Å². The number of rotatable bonds is 4. The van der Waals surface area contributed by atoms with Gasteiger partial charge < -0.3 is 10.4 Å². The third-order valence-electron chi connectivity index (χ3n) is 5.55. The molecule has 0 saturated heterocycles. The van der Waals surface area contributed by atoms with Crippen LogP contribution in [-0.4, -0.2) is 4.99 Å². The van der Waals surface area contributed by atoms with Gasteiger partial charge in [0.25, 0.3) is 0 Å². The van der Waals surface area contributed by atoms with Gasteiger partial charge in [-0.1, -0.05) is 69.4 Å². The zero-order valence-corrected chi connectivity index (χ0v) is 19.9. The highest BCUT2D eigenvalue weighted by molar-refractivity contribution is 7.81. The molecule has 0 fully saturated rings. The smallest absolute Gasteiger partial charge is 0.238 e. The van der Waals surface area contributed by atoms with Gasteiger partial charge in [-0.05, 0) is 65.8 Å².